The fraction of sp³-hybridized carbons (Fsp3) is 0.250. The third-order valence-electron chi connectivity index (χ3n) is 3.27. The zero-order valence-corrected chi connectivity index (χ0v) is 14.3. The van der Waals surface area contributed by atoms with Gasteiger partial charge in [0.05, 0.1) is 13.7 Å². The molecule has 0 bridgehead atoms. The Kier molecular flexibility index (Phi) is 7.20. The third kappa shape index (κ3) is 6.11. The normalized spacial score (nSPS) is 10.8. The topological polar surface area (TPSA) is 56.8 Å². The highest BCUT2D eigenvalue weighted by Crippen LogP contribution is 2.25. The largest absolute Gasteiger partial charge is 0.493 e. The Balaban J connectivity index is 1.70. The molecule has 0 aliphatic carbocycles. The van der Waals surface area contributed by atoms with E-state index in [9.17, 15) is 4.79 Å². The van der Waals surface area contributed by atoms with E-state index in [0.717, 1.165) is 0 Å². The van der Waals surface area contributed by atoms with Crippen LogP contribution in [0.2, 0.25) is 0 Å². The predicted octanol–water partition coefficient (Wildman–Crippen LogP) is 2.66. The molecule has 0 heterocycles. The van der Waals surface area contributed by atoms with Gasteiger partial charge in [-0.25, -0.2) is 0 Å². The molecule has 5 heteroatoms. The van der Waals surface area contributed by atoms with Crippen molar-refractivity contribution in [2.75, 3.05) is 20.3 Å². The maximum Gasteiger partial charge on any atom is 0.261 e. The van der Waals surface area contributed by atoms with E-state index >= 15 is 0 Å². The molecule has 0 saturated carbocycles. The van der Waals surface area contributed by atoms with E-state index in [-0.39, 0.29) is 19.1 Å². The lowest BCUT2D eigenvalue weighted by Crippen LogP contribution is -2.36. The van der Waals surface area contributed by atoms with Crippen LogP contribution in [0.15, 0.2) is 54.6 Å². The molecule has 0 aromatic heterocycles. The molecule has 2 rings (SSSR count). The van der Waals surface area contributed by atoms with Gasteiger partial charge in [0.1, 0.15) is 12.4 Å². The standard InChI is InChI=1S/C20H21NO4/c1-16(25-17-10-4-3-5-11-17)20(22)21-14-8-9-15-24-19-13-7-6-12-18(19)23-2/h3-7,10-13,16H,14-15H2,1-2H3,(H,21,22)/t16-/m1/s1. The van der Waals surface area contributed by atoms with Gasteiger partial charge in [-0.2, -0.15) is 0 Å². The number of rotatable bonds is 7. The van der Waals surface area contributed by atoms with Gasteiger partial charge < -0.3 is 19.5 Å². The van der Waals surface area contributed by atoms with Crippen LogP contribution in [0.5, 0.6) is 17.2 Å². The lowest BCUT2D eigenvalue weighted by atomic mass is 10.3. The second kappa shape index (κ2) is 9.89. The summed E-state index contributed by atoms with van der Waals surface area (Å²) in [5, 5.41) is 2.71. The molecule has 2 aromatic carbocycles. The molecule has 1 amide bonds. The molecule has 0 fully saturated rings. The van der Waals surface area contributed by atoms with E-state index in [1.54, 1.807) is 26.2 Å². The first-order valence-electron chi connectivity index (χ1n) is 7.91. The first kappa shape index (κ1) is 18.2. The van der Waals surface area contributed by atoms with Gasteiger partial charge in [-0.3, -0.25) is 4.79 Å². The zero-order valence-electron chi connectivity index (χ0n) is 14.3. The predicted molar refractivity (Wildman–Crippen MR) is 95.8 cm³/mol. The average Bonchev–Trinajstić information content (AvgIpc) is 2.65. The van der Waals surface area contributed by atoms with E-state index in [0.29, 0.717) is 17.2 Å². The van der Waals surface area contributed by atoms with Gasteiger partial charge in [0.2, 0.25) is 0 Å². The Morgan fingerprint density at radius 2 is 1.72 bits per heavy atom. The van der Waals surface area contributed by atoms with Crippen LogP contribution >= 0.6 is 0 Å². The number of hydrogen-bond acceptors (Lipinski definition) is 4. The van der Waals surface area contributed by atoms with Crippen molar-refractivity contribution >= 4 is 5.91 Å². The van der Waals surface area contributed by atoms with Crippen LogP contribution in [0, 0.1) is 11.8 Å². The molecule has 1 atom stereocenters. The summed E-state index contributed by atoms with van der Waals surface area (Å²) < 4.78 is 16.3. The number of ether oxygens (including phenoxy) is 3. The van der Waals surface area contributed by atoms with Gasteiger partial charge >= 0.3 is 0 Å². The van der Waals surface area contributed by atoms with Crippen molar-refractivity contribution in [3.05, 3.63) is 54.6 Å². The number of hydrogen-bond donors (Lipinski definition) is 1. The maximum atomic E-state index is 11.9. The van der Waals surface area contributed by atoms with Crippen molar-refractivity contribution in [3.8, 4) is 29.1 Å². The summed E-state index contributed by atoms with van der Waals surface area (Å²) in [5.74, 6) is 7.41. The molecule has 2 aromatic rings. The summed E-state index contributed by atoms with van der Waals surface area (Å²) in [6.07, 6.45) is -0.589. The summed E-state index contributed by atoms with van der Waals surface area (Å²) >= 11 is 0. The first-order chi connectivity index (χ1) is 12.2. The van der Waals surface area contributed by atoms with Crippen molar-refractivity contribution in [3.63, 3.8) is 0 Å². The first-order valence-corrected chi connectivity index (χ1v) is 7.91. The van der Waals surface area contributed by atoms with E-state index in [2.05, 4.69) is 17.2 Å². The van der Waals surface area contributed by atoms with E-state index in [1.807, 2.05) is 42.5 Å². The zero-order chi connectivity index (χ0) is 17.9. The van der Waals surface area contributed by atoms with Crippen LogP contribution in [0.4, 0.5) is 0 Å². The number of carbonyl (C=O) groups excluding carboxylic acids is 1. The van der Waals surface area contributed by atoms with E-state index < -0.39 is 6.10 Å². The van der Waals surface area contributed by atoms with Gasteiger partial charge in [-0.05, 0) is 31.2 Å². The fourth-order valence-corrected chi connectivity index (χ4v) is 2.00. The molecule has 25 heavy (non-hydrogen) atoms. The van der Waals surface area contributed by atoms with Crippen LogP contribution in [0.3, 0.4) is 0 Å². The Morgan fingerprint density at radius 3 is 2.44 bits per heavy atom. The number of amides is 1. The molecular weight excluding hydrogens is 318 g/mol. The second-order valence-corrected chi connectivity index (χ2v) is 5.08. The number of benzene rings is 2. The number of methoxy groups -OCH3 is 1. The van der Waals surface area contributed by atoms with Gasteiger partial charge in [-0.15, -0.1) is 0 Å². The van der Waals surface area contributed by atoms with Crippen molar-refractivity contribution in [2.24, 2.45) is 0 Å². The summed E-state index contributed by atoms with van der Waals surface area (Å²) in [4.78, 5) is 11.9. The number of carbonyl (C=O) groups is 1. The smallest absolute Gasteiger partial charge is 0.261 e. The monoisotopic (exact) mass is 339 g/mol. The molecule has 0 spiro atoms. The third-order valence-corrected chi connectivity index (χ3v) is 3.27. The molecule has 130 valence electrons. The van der Waals surface area contributed by atoms with E-state index in [4.69, 9.17) is 14.2 Å². The van der Waals surface area contributed by atoms with Crippen LogP contribution in [0.1, 0.15) is 6.92 Å². The van der Waals surface area contributed by atoms with Gasteiger partial charge in [-0.1, -0.05) is 42.2 Å². The minimum Gasteiger partial charge on any atom is -0.493 e. The quantitative estimate of drug-likeness (QED) is 0.788. The van der Waals surface area contributed by atoms with Gasteiger partial charge in [0.25, 0.3) is 5.91 Å². The summed E-state index contributed by atoms with van der Waals surface area (Å²) in [5.41, 5.74) is 0. The van der Waals surface area contributed by atoms with Crippen molar-refractivity contribution < 1.29 is 19.0 Å². The molecule has 0 aliphatic rings. The Bertz CT molecular complexity index is 734. The van der Waals surface area contributed by atoms with Gasteiger partial charge in [0.15, 0.2) is 17.6 Å². The summed E-state index contributed by atoms with van der Waals surface area (Å²) in [6, 6.07) is 16.6. The van der Waals surface area contributed by atoms with Crippen molar-refractivity contribution in [2.45, 2.75) is 13.0 Å². The summed E-state index contributed by atoms with van der Waals surface area (Å²) in [6.45, 7) is 2.14. The average molecular weight is 339 g/mol. The van der Waals surface area contributed by atoms with Crippen molar-refractivity contribution in [1.29, 1.82) is 0 Å². The SMILES string of the molecule is COc1ccccc1OCC#CCNC(=O)[C@@H](C)Oc1ccccc1. The lowest BCUT2D eigenvalue weighted by molar-refractivity contribution is -0.126. The highest BCUT2D eigenvalue weighted by Gasteiger charge is 2.13. The van der Waals surface area contributed by atoms with Crippen molar-refractivity contribution in [1.82, 2.24) is 5.32 Å². The van der Waals surface area contributed by atoms with Crippen LogP contribution in [0.25, 0.3) is 0 Å². The molecule has 1 N–H and O–H groups in total. The van der Waals surface area contributed by atoms with Crippen LogP contribution in [-0.4, -0.2) is 32.3 Å². The molecule has 5 nitrogen and oxygen atoms in total. The highest BCUT2D eigenvalue weighted by atomic mass is 16.5. The Hall–Kier alpha value is -3.13. The lowest BCUT2D eigenvalue weighted by Gasteiger charge is -2.13. The number of para-hydroxylation sites is 3. The molecule has 0 radical (unpaired) electrons. The minimum atomic E-state index is -0.589. The van der Waals surface area contributed by atoms with Crippen LogP contribution in [-0.2, 0) is 4.79 Å². The van der Waals surface area contributed by atoms with Gasteiger partial charge in [0, 0.05) is 0 Å². The summed E-state index contributed by atoms with van der Waals surface area (Å²) in [7, 11) is 1.59. The second-order valence-electron chi connectivity index (χ2n) is 5.08. The molecule has 0 aliphatic heterocycles. The Morgan fingerprint density at radius 1 is 1.04 bits per heavy atom. The maximum absolute atomic E-state index is 11.9. The van der Waals surface area contributed by atoms with Crippen LogP contribution < -0.4 is 19.5 Å². The minimum absolute atomic E-state index is 0.215. The fourth-order valence-electron chi connectivity index (χ4n) is 2.00. The highest BCUT2D eigenvalue weighted by molar-refractivity contribution is 5.80. The number of nitrogens with one attached hydrogen (secondary N) is 1. The molecule has 0 unspecified atom stereocenters. The van der Waals surface area contributed by atoms with E-state index in [1.165, 1.54) is 0 Å². The Labute approximate surface area is 147 Å². The molecule has 0 saturated heterocycles. The molecular formula is C20H21NO4.